The molecule has 0 spiro atoms. The minimum absolute atomic E-state index is 0.0142. The molecule has 34 nitrogen and oxygen atoms in total. The number of likely N-dealkylation sites (N-methyl/N-ethyl adjacent to an activating group) is 1. The SMILES string of the molecule is CC(NC=O)C(=O)NC(Cc1ccc(Br)cc1)C(=O)N1CCCC1C(=O)NC(C(=O)N[C@H](C(=O)NC(Cc1c[nH]c2ccccc12)C(=O)NC(CCCN=C(N)N)C(=O)NC(CS(=O)(=O)O)C(=O)NC(C(=O)N(C)[C@@H](CCC(N)=O)C(=O)N[C@H](Cc1ccccc1)C(N)=O)C(C)O)C(C)(C)C)C(C)C. The Morgan fingerprint density at radius 2 is 1.26 bits per heavy atom. The number of aromatic nitrogens is 1. The number of aromatic amines is 1. The minimum Gasteiger partial charge on any atom is -0.391 e. The molecule has 9 unspecified atom stereocenters. The monoisotopic (exact) mass is 1530 g/mol. The zero-order valence-electron chi connectivity index (χ0n) is 59.1. The van der Waals surface area contributed by atoms with Crippen molar-refractivity contribution in [1.82, 2.24) is 62.6 Å². The molecule has 1 saturated heterocycles. The molecular weight excluding hydrogens is 1440 g/mol. The Labute approximate surface area is 610 Å². The summed E-state index contributed by atoms with van der Waals surface area (Å²) in [6, 6.07) is 5.35. The first-order chi connectivity index (χ1) is 48.8. The van der Waals surface area contributed by atoms with Crippen LogP contribution in [0.5, 0.6) is 0 Å². The molecule has 20 N–H and O–H groups in total. The van der Waals surface area contributed by atoms with Crippen LogP contribution in [0.2, 0.25) is 0 Å². The molecule has 568 valence electrons. The number of benzene rings is 3. The Balaban J connectivity index is 1.43. The normalized spacial score (nSPS) is 16.2. The molecule has 1 aliphatic heterocycles. The first-order valence-electron chi connectivity index (χ1n) is 33.6. The van der Waals surface area contributed by atoms with Crippen molar-refractivity contribution in [1.29, 1.82) is 0 Å². The number of guanidine groups is 1. The molecule has 36 heteroatoms. The van der Waals surface area contributed by atoms with Crippen LogP contribution in [0, 0.1) is 11.3 Å². The lowest BCUT2D eigenvalue weighted by Gasteiger charge is -2.34. The van der Waals surface area contributed by atoms with E-state index in [4.69, 9.17) is 22.9 Å². The van der Waals surface area contributed by atoms with Gasteiger partial charge >= 0.3 is 0 Å². The number of likely N-dealkylation sites (tertiary alicyclic amines) is 1. The highest BCUT2D eigenvalue weighted by atomic mass is 79.9. The number of amides is 13. The van der Waals surface area contributed by atoms with Crippen molar-refractivity contribution in [3.05, 3.63) is 106 Å². The van der Waals surface area contributed by atoms with E-state index in [0.717, 1.165) is 23.3 Å². The van der Waals surface area contributed by atoms with Gasteiger partial charge in [-0.1, -0.05) is 111 Å². The first kappa shape index (κ1) is 84.6. The average Bonchev–Trinajstić information content (AvgIpc) is 1.67. The van der Waals surface area contributed by atoms with E-state index < -0.39 is 183 Å². The number of nitrogens with zero attached hydrogens (tertiary/aromatic N) is 3. The predicted octanol–water partition coefficient (Wildman–Crippen LogP) is -2.44. The summed E-state index contributed by atoms with van der Waals surface area (Å²) in [5.74, 6) is -14.3. The van der Waals surface area contributed by atoms with Crippen LogP contribution in [0.1, 0.15) is 104 Å². The van der Waals surface area contributed by atoms with Gasteiger partial charge in [0, 0.05) is 67.4 Å². The zero-order valence-corrected chi connectivity index (χ0v) is 61.5. The number of aliphatic hydroxyl groups is 1. The van der Waals surface area contributed by atoms with E-state index in [-0.39, 0.29) is 57.6 Å². The Hall–Kier alpha value is -10.1. The Kier molecular flexibility index (Phi) is 31.7. The number of aliphatic imine (C=N–C) groups is 1. The first-order valence-corrected chi connectivity index (χ1v) is 36.0. The van der Waals surface area contributed by atoms with Crippen molar-refractivity contribution in [2.24, 2.45) is 39.3 Å². The van der Waals surface area contributed by atoms with E-state index in [0.29, 0.717) is 40.4 Å². The van der Waals surface area contributed by atoms with Crippen LogP contribution >= 0.6 is 15.9 Å². The van der Waals surface area contributed by atoms with Crippen molar-refractivity contribution >= 4 is 120 Å². The minimum atomic E-state index is -5.25. The molecule has 4 aromatic rings. The number of nitrogens with two attached hydrogens (primary N) is 4. The lowest BCUT2D eigenvalue weighted by molar-refractivity contribution is -0.145. The number of primary amides is 2. The number of hydrogen-bond donors (Lipinski definition) is 16. The van der Waals surface area contributed by atoms with E-state index in [9.17, 15) is 70.8 Å². The van der Waals surface area contributed by atoms with Crippen molar-refractivity contribution in [3.8, 4) is 0 Å². The highest BCUT2D eigenvalue weighted by Crippen LogP contribution is 2.25. The van der Waals surface area contributed by atoms with Crippen LogP contribution in [0.3, 0.4) is 0 Å². The second-order valence-electron chi connectivity index (χ2n) is 26.9. The average molecular weight is 1540 g/mol. The van der Waals surface area contributed by atoms with Crippen molar-refractivity contribution < 1.29 is 80.4 Å². The van der Waals surface area contributed by atoms with Crippen LogP contribution in [-0.2, 0) is 91.7 Å². The number of aliphatic hydroxyl groups excluding tert-OH is 1. The number of rotatable bonds is 39. The van der Waals surface area contributed by atoms with Crippen LogP contribution < -0.4 is 70.8 Å². The standard InChI is InChI=1S/C68H96BrN17O17S/c1-36(2)53(82-62(96)51-21-15-29-86(51)65(99)48(80-57(91)37(3)76-35-87)31-40-22-24-42(69)25-23-40)63(97)84-55(68(5,6)7)64(98)79-47(32-41-33-75-44-19-13-12-18-43(41)44)59(93)77-45(20-14-28-74-67(72)73)58(92)81-49(34-104(101,102)103)60(94)83-54(38(4)88)66(100)85(8)50(26-27-52(70)89)61(95)78-46(56(71)90)30-39-16-10-9-11-17-39/h9-13,16-19,22-25,33,35-38,45-51,53-55,75,88H,14-15,20-21,26-32,34H2,1-8H3,(H2,70,89)(H2,71,90)(H,76,87)(H,77,93)(H,78,95)(H,79,98)(H,80,91)(H,81,92)(H,82,96)(H,83,94)(H,84,97)(H4,72,73,74)(H,101,102,103)/t37?,38?,45?,46-,47?,48?,49?,50+,51?,53?,54?,55-/m1/s1. The topological polar surface area (TPSA) is 543 Å². The molecule has 0 bridgehead atoms. The zero-order chi connectivity index (χ0) is 77.5. The van der Waals surface area contributed by atoms with Gasteiger partial charge in [-0.15, -0.1) is 0 Å². The number of carbonyl (C=O) groups excluding carboxylic acids is 13. The molecule has 0 saturated carbocycles. The highest BCUT2D eigenvalue weighted by Gasteiger charge is 2.44. The lowest BCUT2D eigenvalue weighted by atomic mass is 9.85. The van der Waals surface area contributed by atoms with Gasteiger partial charge < -0.3 is 90.7 Å². The third kappa shape index (κ3) is 25.7. The van der Waals surface area contributed by atoms with Gasteiger partial charge in [-0.2, -0.15) is 8.42 Å². The molecular formula is C68H96BrN17O17S. The number of carbonyl (C=O) groups is 13. The maximum atomic E-state index is 15.1. The third-order valence-electron chi connectivity index (χ3n) is 17.3. The van der Waals surface area contributed by atoms with Gasteiger partial charge in [0.05, 0.1) is 6.10 Å². The second kappa shape index (κ2) is 39.0. The highest BCUT2D eigenvalue weighted by molar-refractivity contribution is 9.10. The summed E-state index contributed by atoms with van der Waals surface area (Å²) in [4.78, 5) is 189. The fourth-order valence-corrected chi connectivity index (χ4v) is 12.5. The van der Waals surface area contributed by atoms with Crippen LogP contribution in [0.15, 0.2) is 94.5 Å². The number of hydrogen-bond acceptors (Lipinski definition) is 17. The Morgan fingerprint density at radius 1 is 0.683 bits per heavy atom. The Bertz CT molecular complexity index is 3870. The van der Waals surface area contributed by atoms with Crippen molar-refractivity contribution in [3.63, 3.8) is 0 Å². The number of nitrogens with one attached hydrogen (secondary N) is 10. The molecule has 13 amide bonds. The van der Waals surface area contributed by atoms with E-state index >= 15 is 9.59 Å². The molecule has 2 heterocycles. The van der Waals surface area contributed by atoms with Crippen LogP contribution in [0.25, 0.3) is 10.9 Å². The summed E-state index contributed by atoms with van der Waals surface area (Å²) < 4.78 is 36.3. The largest absolute Gasteiger partial charge is 0.391 e. The number of H-pyrrole nitrogens is 1. The summed E-state index contributed by atoms with van der Waals surface area (Å²) in [5, 5.41) is 34.4. The molecule has 0 aliphatic carbocycles. The summed E-state index contributed by atoms with van der Waals surface area (Å²) in [7, 11) is -4.20. The summed E-state index contributed by atoms with van der Waals surface area (Å²) in [5.41, 5.74) is 23.4. The second-order valence-corrected chi connectivity index (χ2v) is 29.3. The number of halogens is 1. The predicted molar refractivity (Wildman–Crippen MR) is 385 cm³/mol. The van der Waals surface area contributed by atoms with Gasteiger partial charge in [-0.3, -0.25) is 71.9 Å². The van der Waals surface area contributed by atoms with Crippen LogP contribution in [0.4, 0.5) is 0 Å². The van der Waals surface area contributed by atoms with E-state index in [2.05, 4.69) is 73.8 Å². The molecule has 5 rings (SSSR count). The molecule has 3 aromatic carbocycles. The molecule has 104 heavy (non-hydrogen) atoms. The van der Waals surface area contributed by atoms with Gasteiger partial charge in [-0.05, 0) is 92.2 Å². The van der Waals surface area contributed by atoms with E-state index in [1.807, 2.05) is 0 Å². The van der Waals surface area contributed by atoms with Gasteiger partial charge in [0.25, 0.3) is 10.1 Å². The molecule has 1 aliphatic rings. The summed E-state index contributed by atoms with van der Waals surface area (Å²) in [6.45, 7) is 10.5. The fourth-order valence-electron chi connectivity index (χ4n) is 11.6. The lowest BCUT2D eigenvalue weighted by Crippen LogP contribution is -2.63. The summed E-state index contributed by atoms with van der Waals surface area (Å²) in [6.07, 6.45) is -1.21. The molecule has 0 radical (unpaired) electrons. The maximum Gasteiger partial charge on any atom is 0.267 e. The van der Waals surface area contributed by atoms with Crippen LogP contribution in [-0.4, -0.2) is 215 Å². The van der Waals surface area contributed by atoms with E-state index in [1.54, 1.807) is 120 Å². The number of para-hydroxylation sites is 1. The summed E-state index contributed by atoms with van der Waals surface area (Å²) >= 11 is 3.39. The Morgan fingerprint density at radius 3 is 1.86 bits per heavy atom. The van der Waals surface area contributed by atoms with Crippen molar-refractivity contribution in [2.45, 2.75) is 179 Å². The van der Waals surface area contributed by atoms with Gasteiger partial charge in [0.2, 0.25) is 77.3 Å². The molecule has 12 atom stereocenters. The third-order valence-corrected chi connectivity index (χ3v) is 18.6. The molecule has 1 fully saturated rings. The fraction of sp³-hybridized carbons (Fsp3) is 0.500. The smallest absolute Gasteiger partial charge is 0.267 e. The maximum absolute atomic E-state index is 15.1. The molecule has 1 aromatic heterocycles. The number of fused-ring (bicyclic) bond motifs is 1. The van der Waals surface area contributed by atoms with E-state index in [1.165, 1.54) is 11.8 Å². The quantitative estimate of drug-likeness (QED) is 0.00726. The van der Waals surface area contributed by atoms with Gasteiger partial charge in [-0.25, -0.2) is 0 Å². The van der Waals surface area contributed by atoms with Gasteiger partial charge in [0.15, 0.2) is 5.96 Å². The van der Waals surface area contributed by atoms with Crippen molar-refractivity contribution in [2.75, 3.05) is 25.9 Å². The van der Waals surface area contributed by atoms with Gasteiger partial charge in [0.1, 0.15) is 72.2 Å².